The van der Waals surface area contributed by atoms with E-state index >= 15 is 0 Å². The Bertz CT molecular complexity index is 513. The second-order valence-electron chi connectivity index (χ2n) is 4.59. The highest BCUT2D eigenvalue weighted by Crippen LogP contribution is 2.28. The van der Waals surface area contributed by atoms with Crippen molar-refractivity contribution in [2.45, 2.75) is 25.4 Å². The van der Waals surface area contributed by atoms with Crippen LogP contribution in [0, 0.1) is 0 Å². The summed E-state index contributed by atoms with van der Waals surface area (Å²) < 4.78 is 22.5. The highest BCUT2D eigenvalue weighted by atomic mass is 32.2. The number of hydrogen-bond acceptors (Lipinski definition) is 5. The number of hydrogen-bond donors (Lipinski definition) is 3. The monoisotopic (exact) mass is 271 g/mol. The number of phenols is 2. The van der Waals surface area contributed by atoms with Gasteiger partial charge in [-0.15, -0.1) is 0 Å². The van der Waals surface area contributed by atoms with E-state index in [1.807, 2.05) is 0 Å². The molecule has 1 saturated heterocycles. The van der Waals surface area contributed by atoms with Gasteiger partial charge in [-0.05, 0) is 18.9 Å². The van der Waals surface area contributed by atoms with Gasteiger partial charge in [0.25, 0.3) is 0 Å². The minimum Gasteiger partial charge on any atom is -0.504 e. The molecule has 0 amide bonds. The molecule has 18 heavy (non-hydrogen) atoms. The Kier molecular flexibility index (Phi) is 3.77. The van der Waals surface area contributed by atoms with E-state index in [4.69, 9.17) is 0 Å². The van der Waals surface area contributed by atoms with Crippen LogP contribution in [0.3, 0.4) is 0 Å². The van der Waals surface area contributed by atoms with Crippen molar-refractivity contribution in [2.24, 2.45) is 0 Å². The van der Waals surface area contributed by atoms with Crippen molar-refractivity contribution in [3.05, 3.63) is 23.8 Å². The molecule has 6 heteroatoms. The average Bonchev–Trinajstić information content (AvgIpc) is 2.33. The summed E-state index contributed by atoms with van der Waals surface area (Å²) in [4.78, 5) is 0. The smallest absolute Gasteiger partial charge is 0.161 e. The van der Waals surface area contributed by atoms with Crippen LogP contribution in [-0.2, 0) is 16.4 Å². The predicted molar refractivity (Wildman–Crippen MR) is 68.3 cm³/mol. The topological polar surface area (TPSA) is 86.6 Å². The Morgan fingerprint density at radius 3 is 2.56 bits per heavy atom. The van der Waals surface area contributed by atoms with Crippen LogP contribution in [0.25, 0.3) is 0 Å². The minimum atomic E-state index is -2.84. The van der Waals surface area contributed by atoms with Gasteiger partial charge < -0.3 is 15.5 Å². The van der Waals surface area contributed by atoms with Crippen LogP contribution >= 0.6 is 0 Å². The molecule has 2 rings (SSSR count). The summed E-state index contributed by atoms with van der Waals surface area (Å²) >= 11 is 0. The molecule has 1 aromatic carbocycles. The first kappa shape index (κ1) is 13.2. The highest BCUT2D eigenvalue weighted by molar-refractivity contribution is 7.91. The lowest BCUT2D eigenvalue weighted by molar-refractivity contribution is 0.393. The third kappa shape index (κ3) is 3.14. The van der Waals surface area contributed by atoms with Crippen LogP contribution < -0.4 is 5.32 Å². The number of benzene rings is 1. The molecule has 0 atom stereocenters. The van der Waals surface area contributed by atoms with E-state index in [2.05, 4.69) is 5.32 Å². The van der Waals surface area contributed by atoms with Crippen LogP contribution in [0.4, 0.5) is 0 Å². The molecule has 0 spiro atoms. The zero-order valence-corrected chi connectivity index (χ0v) is 10.8. The second kappa shape index (κ2) is 5.16. The van der Waals surface area contributed by atoms with Gasteiger partial charge in [0.2, 0.25) is 0 Å². The van der Waals surface area contributed by atoms with Crippen molar-refractivity contribution in [2.75, 3.05) is 11.5 Å². The normalized spacial score (nSPS) is 19.8. The van der Waals surface area contributed by atoms with Gasteiger partial charge in [-0.3, -0.25) is 0 Å². The average molecular weight is 271 g/mol. The van der Waals surface area contributed by atoms with E-state index < -0.39 is 9.84 Å². The summed E-state index contributed by atoms with van der Waals surface area (Å²) in [5.41, 5.74) is 0.614. The van der Waals surface area contributed by atoms with Crippen molar-refractivity contribution >= 4 is 9.84 Å². The molecule has 0 aliphatic carbocycles. The third-order valence-electron chi connectivity index (χ3n) is 3.23. The van der Waals surface area contributed by atoms with Crippen LogP contribution in [0.15, 0.2) is 18.2 Å². The Morgan fingerprint density at radius 2 is 1.89 bits per heavy atom. The predicted octanol–water partition coefficient (Wildman–Crippen LogP) is 0.765. The van der Waals surface area contributed by atoms with E-state index in [9.17, 15) is 18.6 Å². The van der Waals surface area contributed by atoms with Crippen LogP contribution in [0.1, 0.15) is 18.4 Å². The maximum absolute atomic E-state index is 11.3. The zero-order chi connectivity index (χ0) is 13.2. The summed E-state index contributed by atoms with van der Waals surface area (Å²) in [6, 6.07) is 4.96. The first-order valence-electron chi connectivity index (χ1n) is 5.91. The van der Waals surface area contributed by atoms with E-state index in [1.54, 1.807) is 12.1 Å². The molecular formula is C12H17NO4S. The molecule has 100 valence electrons. The van der Waals surface area contributed by atoms with Crippen molar-refractivity contribution in [1.29, 1.82) is 0 Å². The first-order chi connectivity index (χ1) is 8.48. The SMILES string of the molecule is O=S1(=O)CCC(NCc2cccc(O)c2O)CC1. The highest BCUT2D eigenvalue weighted by Gasteiger charge is 2.23. The van der Waals surface area contributed by atoms with Crippen molar-refractivity contribution in [1.82, 2.24) is 5.32 Å². The van der Waals surface area contributed by atoms with Gasteiger partial charge in [-0.1, -0.05) is 12.1 Å². The molecule has 3 N–H and O–H groups in total. The molecule has 0 aromatic heterocycles. The van der Waals surface area contributed by atoms with Gasteiger partial charge in [0.05, 0.1) is 11.5 Å². The number of aromatic hydroxyl groups is 2. The molecule has 5 nitrogen and oxygen atoms in total. The Morgan fingerprint density at radius 1 is 1.22 bits per heavy atom. The quantitative estimate of drug-likeness (QED) is 0.707. The second-order valence-corrected chi connectivity index (χ2v) is 6.90. The molecule has 1 heterocycles. The summed E-state index contributed by atoms with van der Waals surface area (Å²) in [5, 5.41) is 22.2. The van der Waals surface area contributed by atoms with Gasteiger partial charge in [-0.2, -0.15) is 0 Å². The van der Waals surface area contributed by atoms with Crippen molar-refractivity contribution < 1.29 is 18.6 Å². The Balaban J connectivity index is 1.91. The van der Waals surface area contributed by atoms with Crippen LogP contribution in [0.2, 0.25) is 0 Å². The Hall–Kier alpha value is -1.27. The summed E-state index contributed by atoms with van der Waals surface area (Å²) in [5.74, 6) is 0.182. The molecule has 0 saturated carbocycles. The zero-order valence-electron chi connectivity index (χ0n) is 9.96. The maximum atomic E-state index is 11.3. The van der Waals surface area contributed by atoms with Gasteiger partial charge in [-0.25, -0.2) is 8.42 Å². The fourth-order valence-corrected chi connectivity index (χ4v) is 3.56. The maximum Gasteiger partial charge on any atom is 0.161 e. The lowest BCUT2D eigenvalue weighted by atomic mass is 10.1. The van der Waals surface area contributed by atoms with Gasteiger partial charge in [0, 0.05) is 18.2 Å². The van der Waals surface area contributed by atoms with E-state index in [-0.39, 0.29) is 29.0 Å². The third-order valence-corrected chi connectivity index (χ3v) is 4.95. The molecule has 0 bridgehead atoms. The van der Waals surface area contributed by atoms with Crippen molar-refractivity contribution in [3.8, 4) is 11.5 Å². The van der Waals surface area contributed by atoms with E-state index in [0.717, 1.165) is 0 Å². The summed E-state index contributed by atoms with van der Waals surface area (Å²) in [6.07, 6.45) is 1.20. The van der Waals surface area contributed by atoms with Gasteiger partial charge in [0.15, 0.2) is 11.5 Å². The molecule has 0 unspecified atom stereocenters. The fraction of sp³-hybridized carbons (Fsp3) is 0.500. The van der Waals surface area contributed by atoms with Gasteiger partial charge >= 0.3 is 0 Å². The number of para-hydroxylation sites is 1. The summed E-state index contributed by atoms with van der Waals surface area (Å²) in [6.45, 7) is 0.422. The summed E-state index contributed by atoms with van der Waals surface area (Å²) in [7, 11) is -2.84. The standard InChI is InChI=1S/C12H17NO4S/c14-11-3-1-2-9(12(11)15)8-13-10-4-6-18(16,17)7-5-10/h1-3,10,13-15H,4-8H2. The Labute approximate surface area is 106 Å². The molecule has 1 aliphatic rings. The molecule has 1 aliphatic heterocycles. The number of sulfone groups is 1. The molecule has 0 radical (unpaired) electrons. The molecule has 1 fully saturated rings. The van der Waals surface area contributed by atoms with E-state index in [0.29, 0.717) is 24.9 Å². The molecular weight excluding hydrogens is 254 g/mol. The minimum absolute atomic E-state index is 0.117. The van der Waals surface area contributed by atoms with E-state index in [1.165, 1.54) is 6.07 Å². The first-order valence-corrected chi connectivity index (χ1v) is 7.74. The number of rotatable bonds is 3. The largest absolute Gasteiger partial charge is 0.504 e. The van der Waals surface area contributed by atoms with Crippen LogP contribution in [0.5, 0.6) is 11.5 Å². The number of phenolic OH excluding ortho intramolecular Hbond substituents is 2. The number of nitrogens with one attached hydrogen (secondary N) is 1. The lowest BCUT2D eigenvalue weighted by Gasteiger charge is -2.23. The van der Waals surface area contributed by atoms with Crippen LogP contribution in [-0.4, -0.2) is 36.2 Å². The van der Waals surface area contributed by atoms with Gasteiger partial charge in [0.1, 0.15) is 9.84 Å². The molecule has 1 aromatic rings. The lowest BCUT2D eigenvalue weighted by Crippen LogP contribution is -2.37. The van der Waals surface area contributed by atoms with Crippen molar-refractivity contribution in [3.63, 3.8) is 0 Å². The fourth-order valence-electron chi connectivity index (χ4n) is 2.07.